The second kappa shape index (κ2) is 6.98. The average molecular weight is 359 g/mol. The number of hydrogen-bond donors (Lipinski definition) is 0. The van der Waals surface area contributed by atoms with Crippen LogP contribution in [-0.2, 0) is 9.53 Å². The highest BCUT2D eigenvalue weighted by atomic mass is 32.1. The van der Waals surface area contributed by atoms with Gasteiger partial charge in [0.05, 0.1) is 21.3 Å². The number of benzene rings is 1. The Bertz CT molecular complexity index is 856. The van der Waals surface area contributed by atoms with Gasteiger partial charge in [-0.3, -0.25) is 0 Å². The molecule has 0 saturated carbocycles. The fourth-order valence-corrected chi connectivity index (χ4v) is 3.25. The van der Waals surface area contributed by atoms with E-state index >= 15 is 0 Å². The molecule has 1 aliphatic heterocycles. The summed E-state index contributed by atoms with van der Waals surface area (Å²) in [5.74, 6) is 1.09. The van der Waals surface area contributed by atoms with E-state index in [1.54, 1.807) is 29.5 Å². The monoisotopic (exact) mass is 359 g/mol. The van der Waals surface area contributed by atoms with E-state index in [-0.39, 0.29) is 11.6 Å². The third kappa shape index (κ3) is 3.23. The molecule has 0 amide bonds. The van der Waals surface area contributed by atoms with E-state index in [9.17, 15) is 4.79 Å². The van der Waals surface area contributed by atoms with Gasteiger partial charge >= 0.3 is 5.97 Å². The Morgan fingerprint density at radius 3 is 2.32 bits per heavy atom. The Labute approximate surface area is 149 Å². The minimum absolute atomic E-state index is 0.199. The Kier molecular flexibility index (Phi) is 4.76. The number of carbonyl (C=O) groups is 1. The van der Waals surface area contributed by atoms with Crippen molar-refractivity contribution >= 4 is 29.3 Å². The molecule has 0 spiro atoms. The summed E-state index contributed by atoms with van der Waals surface area (Å²) in [6.45, 7) is 1.98. The van der Waals surface area contributed by atoms with Crippen LogP contribution >= 0.6 is 11.3 Å². The molecule has 130 valence electrons. The molecule has 0 radical (unpaired) electrons. The molecule has 0 fully saturated rings. The number of hydrogen-bond acceptors (Lipinski definition) is 7. The van der Waals surface area contributed by atoms with Crippen molar-refractivity contribution in [3.05, 3.63) is 45.3 Å². The van der Waals surface area contributed by atoms with Crippen LogP contribution in [0.1, 0.15) is 16.0 Å². The number of aryl methyl sites for hydroxylation is 1. The lowest BCUT2D eigenvalue weighted by atomic mass is 10.1. The van der Waals surface area contributed by atoms with E-state index in [1.165, 1.54) is 21.3 Å². The van der Waals surface area contributed by atoms with E-state index in [0.29, 0.717) is 22.8 Å². The van der Waals surface area contributed by atoms with Crippen molar-refractivity contribution in [3.63, 3.8) is 0 Å². The largest absolute Gasteiger partial charge is 0.493 e. The number of nitrogens with zero attached hydrogens (tertiary/aromatic N) is 1. The second-order valence-electron chi connectivity index (χ2n) is 5.22. The lowest BCUT2D eigenvalue weighted by Gasteiger charge is -2.13. The Morgan fingerprint density at radius 1 is 1.12 bits per heavy atom. The normalized spacial score (nSPS) is 15.1. The molecule has 0 bridgehead atoms. The predicted octanol–water partition coefficient (Wildman–Crippen LogP) is 3.43. The fraction of sp³-hybridized carbons (Fsp3) is 0.222. The quantitative estimate of drug-likeness (QED) is 0.604. The van der Waals surface area contributed by atoms with Crippen LogP contribution in [0.3, 0.4) is 0 Å². The molecule has 1 aromatic heterocycles. The molecule has 1 aliphatic rings. The lowest BCUT2D eigenvalue weighted by Crippen LogP contribution is -2.06. The van der Waals surface area contributed by atoms with E-state index in [4.69, 9.17) is 18.9 Å². The highest BCUT2D eigenvalue weighted by molar-refractivity contribution is 7.11. The zero-order valence-electron chi connectivity index (χ0n) is 14.3. The number of rotatable bonds is 5. The van der Waals surface area contributed by atoms with Crippen LogP contribution in [0, 0.1) is 6.92 Å². The molecule has 7 heteroatoms. The third-order valence-electron chi connectivity index (χ3n) is 3.70. The standard InChI is InChI=1S/C18H17NO5S/c1-10-5-6-25-15(10)9-12-18(20)24-17(19-12)11-7-13(21-2)16(23-4)14(8-11)22-3/h5-9H,1-4H3/b12-9-. The zero-order valence-corrected chi connectivity index (χ0v) is 15.1. The number of aliphatic imine (C=N–C) groups is 1. The fourth-order valence-electron chi connectivity index (χ4n) is 2.39. The van der Waals surface area contributed by atoms with Gasteiger partial charge in [0.1, 0.15) is 0 Å². The zero-order chi connectivity index (χ0) is 18.0. The topological polar surface area (TPSA) is 66.4 Å². The molecule has 2 heterocycles. The second-order valence-corrected chi connectivity index (χ2v) is 6.17. The van der Waals surface area contributed by atoms with Crippen molar-refractivity contribution in [2.75, 3.05) is 21.3 Å². The number of thiophene rings is 1. The lowest BCUT2D eigenvalue weighted by molar-refractivity contribution is -0.129. The molecule has 0 aliphatic carbocycles. The van der Waals surface area contributed by atoms with Crippen molar-refractivity contribution in [3.8, 4) is 17.2 Å². The first-order valence-electron chi connectivity index (χ1n) is 7.44. The van der Waals surface area contributed by atoms with Gasteiger partial charge < -0.3 is 18.9 Å². The maximum Gasteiger partial charge on any atom is 0.363 e. The molecule has 0 N–H and O–H groups in total. The highest BCUT2D eigenvalue weighted by Gasteiger charge is 2.26. The first-order chi connectivity index (χ1) is 12.1. The smallest absolute Gasteiger partial charge is 0.363 e. The highest BCUT2D eigenvalue weighted by Crippen LogP contribution is 2.39. The number of carbonyl (C=O) groups excluding carboxylic acids is 1. The molecule has 0 saturated heterocycles. The average Bonchev–Trinajstić information content (AvgIpc) is 3.20. The molecule has 25 heavy (non-hydrogen) atoms. The summed E-state index contributed by atoms with van der Waals surface area (Å²) in [6, 6.07) is 5.36. The first kappa shape index (κ1) is 17.0. The molecule has 0 atom stereocenters. The summed E-state index contributed by atoms with van der Waals surface area (Å²) in [5.41, 5.74) is 1.91. The predicted molar refractivity (Wildman–Crippen MR) is 95.8 cm³/mol. The van der Waals surface area contributed by atoms with Crippen LogP contribution in [0.4, 0.5) is 0 Å². The summed E-state index contributed by atoms with van der Waals surface area (Å²) in [5, 5.41) is 1.96. The van der Waals surface area contributed by atoms with Gasteiger partial charge in [-0.25, -0.2) is 9.79 Å². The number of esters is 1. The molecule has 6 nitrogen and oxygen atoms in total. The van der Waals surface area contributed by atoms with Crippen LogP contribution in [-0.4, -0.2) is 33.2 Å². The van der Waals surface area contributed by atoms with Gasteiger partial charge in [-0.15, -0.1) is 11.3 Å². The van der Waals surface area contributed by atoms with E-state index in [1.807, 2.05) is 18.4 Å². The van der Waals surface area contributed by atoms with Gasteiger partial charge in [0.15, 0.2) is 17.2 Å². The van der Waals surface area contributed by atoms with Gasteiger partial charge in [-0.1, -0.05) is 0 Å². The van der Waals surface area contributed by atoms with Gasteiger partial charge in [-0.2, -0.15) is 0 Å². The maximum atomic E-state index is 12.1. The molecular weight excluding hydrogens is 342 g/mol. The minimum Gasteiger partial charge on any atom is -0.493 e. The summed E-state index contributed by atoms with van der Waals surface area (Å²) >= 11 is 1.54. The number of ether oxygens (including phenoxy) is 4. The van der Waals surface area contributed by atoms with E-state index in [2.05, 4.69) is 4.99 Å². The van der Waals surface area contributed by atoms with Gasteiger partial charge in [-0.05, 0) is 42.1 Å². The maximum absolute atomic E-state index is 12.1. The van der Waals surface area contributed by atoms with Crippen LogP contribution in [0.25, 0.3) is 6.08 Å². The summed E-state index contributed by atoms with van der Waals surface area (Å²) in [4.78, 5) is 17.4. The van der Waals surface area contributed by atoms with Crippen LogP contribution in [0.2, 0.25) is 0 Å². The van der Waals surface area contributed by atoms with Crippen molar-refractivity contribution < 1.29 is 23.7 Å². The van der Waals surface area contributed by atoms with E-state index in [0.717, 1.165) is 10.4 Å². The Balaban J connectivity index is 2.02. The molecule has 0 unspecified atom stereocenters. The summed E-state index contributed by atoms with van der Waals surface area (Å²) in [6.07, 6.45) is 1.73. The van der Waals surface area contributed by atoms with Gasteiger partial charge in [0, 0.05) is 10.4 Å². The first-order valence-corrected chi connectivity index (χ1v) is 8.32. The van der Waals surface area contributed by atoms with Crippen LogP contribution in [0.15, 0.2) is 34.3 Å². The summed E-state index contributed by atoms with van der Waals surface area (Å²) < 4.78 is 21.3. The van der Waals surface area contributed by atoms with Crippen molar-refractivity contribution in [2.45, 2.75) is 6.92 Å². The van der Waals surface area contributed by atoms with Crippen molar-refractivity contribution in [1.29, 1.82) is 0 Å². The SMILES string of the molecule is COc1cc(C2=N/C(=C\c3sccc3C)C(=O)O2)cc(OC)c1OC. The Morgan fingerprint density at radius 2 is 1.80 bits per heavy atom. The molecule has 2 aromatic rings. The minimum atomic E-state index is -0.489. The van der Waals surface area contributed by atoms with Crippen LogP contribution < -0.4 is 14.2 Å². The Hall–Kier alpha value is -2.80. The molecular formula is C18H17NO5S. The molecule has 1 aromatic carbocycles. The number of cyclic esters (lactones) is 1. The van der Waals surface area contributed by atoms with Gasteiger partial charge in [0.25, 0.3) is 0 Å². The summed E-state index contributed by atoms with van der Waals surface area (Å²) in [7, 11) is 4.57. The van der Waals surface area contributed by atoms with E-state index < -0.39 is 5.97 Å². The third-order valence-corrected chi connectivity index (χ3v) is 4.67. The van der Waals surface area contributed by atoms with Crippen molar-refractivity contribution in [2.24, 2.45) is 4.99 Å². The van der Waals surface area contributed by atoms with Crippen LogP contribution in [0.5, 0.6) is 17.2 Å². The number of methoxy groups -OCH3 is 3. The van der Waals surface area contributed by atoms with Gasteiger partial charge in [0.2, 0.25) is 11.6 Å². The van der Waals surface area contributed by atoms with Crippen molar-refractivity contribution in [1.82, 2.24) is 0 Å². The molecule has 3 rings (SSSR count).